The number of hydrogen-bond donors (Lipinski definition) is 1. The predicted molar refractivity (Wildman–Crippen MR) is 67.5 cm³/mol. The SMILES string of the molecule is CCCNC(=O)C(C)Oc1ccc(F)c(Br)c1. The molecule has 1 atom stereocenters. The van der Waals surface area contributed by atoms with Crippen molar-refractivity contribution in [3.05, 3.63) is 28.5 Å². The number of amides is 1. The average molecular weight is 304 g/mol. The number of hydrogen-bond acceptors (Lipinski definition) is 2. The van der Waals surface area contributed by atoms with Crippen LogP contribution in [0.2, 0.25) is 0 Å². The van der Waals surface area contributed by atoms with E-state index < -0.39 is 6.10 Å². The van der Waals surface area contributed by atoms with Gasteiger partial charge in [0.05, 0.1) is 4.47 Å². The molecule has 0 aliphatic heterocycles. The zero-order valence-corrected chi connectivity index (χ0v) is 11.4. The maximum atomic E-state index is 13.0. The molecule has 0 aromatic heterocycles. The fourth-order valence-corrected chi connectivity index (χ4v) is 1.56. The van der Waals surface area contributed by atoms with Gasteiger partial charge in [-0.3, -0.25) is 4.79 Å². The Morgan fingerprint density at radius 3 is 2.88 bits per heavy atom. The zero-order chi connectivity index (χ0) is 12.8. The minimum atomic E-state index is -0.598. The van der Waals surface area contributed by atoms with Crippen LogP contribution in [0.5, 0.6) is 5.75 Å². The lowest BCUT2D eigenvalue weighted by atomic mass is 10.3. The van der Waals surface area contributed by atoms with Gasteiger partial charge in [-0.1, -0.05) is 6.92 Å². The molecule has 17 heavy (non-hydrogen) atoms. The van der Waals surface area contributed by atoms with Crippen LogP contribution in [0, 0.1) is 5.82 Å². The number of rotatable bonds is 5. The maximum absolute atomic E-state index is 13.0. The third-order valence-corrected chi connectivity index (χ3v) is 2.73. The topological polar surface area (TPSA) is 38.3 Å². The van der Waals surface area contributed by atoms with Crippen LogP contribution in [0.1, 0.15) is 20.3 Å². The Balaban J connectivity index is 2.58. The van der Waals surface area contributed by atoms with Crippen molar-refractivity contribution in [2.45, 2.75) is 26.4 Å². The van der Waals surface area contributed by atoms with Crippen LogP contribution in [0.15, 0.2) is 22.7 Å². The van der Waals surface area contributed by atoms with Crippen LogP contribution >= 0.6 is 15.9 Å². The molecule has 1 unspecified atom stereocenters. The Morgan fingerprint density at radius 1 is 1.59 bits per heavy atom. The second-order valence-electron chi connectivity index (χ2n) is 3.63. The summed E-state index contributed by atoms with van der Waals surface area (Å²) in [6.07, 6.45) is 0.277. The van der Waals surface area contributed by atoms with Crippen molar-refractivity contribution in [2.75, 3.05) is 6.54 Å². The minimum absolute atomic E-state index is 0.174. The summed E-state index contributed by atoms with van der Waals surface area (Å²) in [6, 6.07) is 4.28. The number of carbonyl (C=O) groups excluding carboxylic acids is 1. The highest BCUT2D eigenvalue weighted by molar-refractivity contribution is 9.10. The molecule has 5 heteroatoms. The molecule has 1 N–H and O–H groups in total. The summed E-state index contributed by atoms with van der Waals surface area (Å²) >= 11 is 3.06. The van der Waals surface area contributed by atoms with Crippen LogP contribution in [0.4, 0.5) is 4.39 Å². The second kappa shape index (κ2) is 6.59. The summed E-state index contributed by atoms with van der Waals surface area (Å²) in [6.45, 7) is 4.25. The molecule has 1 amide bonds. The Hall–Kier alpha value is -1.10. The van der Waals surface area contributed by atoms with E-state index in [4.69, 9.17) is 4.74 Å². The van der Waals surface area contributed by atoms with Crippen LogP contribution in [-0.4, -0.2) is 18.6 Å². The van der Waals surface area contributed by atoms with Gasteiger partial charge < -0.3 is 10.1 Å². The highest BCUT2D eigenvalue weighted by Crippen LogP contribution is 2.22. The number of carbonyl (C=O) groups is 1. The van der Waals surface area contributed by atoms with Crippen molar-refractivity contribution in [3.63, 3.8) is 0 Å². The van der Waals surface area contributed by atoms with Gasteiger partial charge in [0.2, 0.25) is 0 Å². The zero-order valence-electron chi connectivity index (χ0n) is 9.80. The molecule has 3 nitrogen and oxygen atoms in total. The lowest BCUT2D eigenvalue weighted by molar-refractivity contribution is -0.127. The van der Waals surface area contributed by atoms with E-state index in [9.17, 15) is 9.18 Å². The molecule has 0 heterocycles. The van der Waals surface area contributed by atoms with Gasteiger partial charge in [0, 0.05) is 6.54 Å². The molecular formula is C12H15BrFNO2. The molecule has 0 fully saturated rings. The third-order valence-electron chi connectivity index (χ3n) is 2.12. The standard InChI is InChI=1S/C12H15BrFNO2/c1-3-6-15-12(16)8(2)17-9-4-5-11(14)10(13)7-9/h4-5,7-8H,3,6H2,1-2H3,(H,15,16). The molecule has 1 rings (SSSR count). The van der Waals surface area contributed by atoms with E-state index in [-0.39, 0.29) is 11.7 Å². The fraction of sp³-hybridized carbons (Fsp3) is 0.417. The van der Waals surface area contributed by atoms with Crippen LogP contribution in [-0.2, 0) is 4.79 Å². The van der Waals surface area contributed by atoms with Crippen molar-refractivity contribution in [3.8, 4) is 5.75 Å². The van der Waals surface area contributed by atoms with E-state index in [1.165, 1.54) is 18.2 Å². The van der Waals surface area contributed by atoms with Crippen LogP contribution in [0.3, 0.4) is 0 Å². The van der Waals surface area contributed by atoms with Crippen molar-refractivity contribution in [1.29, 1.82) is 0 Å². The Bertz CT molecular complexity index is 398. The summed E-state index contributed by atoms with van der Waals surface area (Å²) in [4.78, 5) is 11.5. The van der Waals surface area contributed by atoms with Gasteiger partial charge in [-0.25, -0.2) is 4.39 Å². The van der Waals surface area contributed by atoms with Gasteiger partial charge in [0.15, 0.2) is 6.10 Å². The second-order valence-corrected chi connectivity index (χ2v) is 4.48. The lowest BCUT2D eigenvalue weighted by Crippen LogP contribution is -2.36. The van der Waals surface area contributed by atoms with Gasteiger partial charge in [0.25, 0.3) is 5.91 Å². The van der Waals surface area contributed by atoms with E-state index in [2.05, 4.69) is 21.2 Å². The van der Waals surface area contributed by atoms with Crippen molar-refractivity contribution in [1.82, 2.24) is 5.32 Å². The highest BCUT2D eigenvalue weighted by Gasteiger charge is 2.14. The number of benzene rings is 1. The molecule has 94 valence electrons. The molecule has 0 saturated carbocycles. The van der Waals surface area contributed by atoms with E-state index >= 15 is 0 Å². The molecule has 0 aliphatic rings. The first-order valence-corrected chi connectivity index (χ1v) is 6.23. The van der Waals surface area contributed by atoms with Crippen LogP contribution in [0.25, 0.3) is 0 Å². The Kier molecular flexibility index (Phi) is 5.41. The van der Waals surface area contributed by atoms with Crippen molar-refractivity contribution >= 4 is 21.8 Å². The number of nitrogens with one attached hydrogen (secondary N) is 1. The molecule has 0 aliphatic carbocycles. The van der Waals surface area contributed by atoms with Gasteiger partial charge in [-0.2, -0.15) is 0 Å². The first-order valence-electron chi connectivity index (χ1n) is 5.44. The van der Waals surface area contributed by atoms with Crippen LogP contribution < -0.4 is 10.1 Å². The molecule has 0 saturated heterocycles. The molecule has 0 radical (unpaired) electrons. The minimum Gasteiger partial charge on any atom is -0.481 e. The molecular weight excluding hydrogens is 289 g/mol. The Morgan fingerprint density at radius 2 is 2.29 bits per heavy atom. The first-order chi connectivity index (χ1) is 8.04. The van der Waals surface area contributed by atoms with Gasteiger partial charge >= 0.3 is 0 Å². The largest absolute Gasteiger partial charge is 0.481 e. The summed E-state index contributed by atoms with van der Waals surface area (Å²) in [7, 11) is 0. The Labute approximate surface area is 108 Å². The quantitative estimate of drug-likeness (QED) is 0.908. The summed E-state index contributed by atoms with van der Waals surface area (Å²) in [5, 5.41) is 2.73. The summed E-state index contributed by atoms with van der Waals surface area (Å²) < 4.78 is 18.7. The smallest absolute Gasteiger partial charge is 0.260 e. The fourth-order valence-electron chi connectivity index (χ4n) is 1.20. The van der Waals surface area contributed by atoms with E-state index in [1.807, 2.05) is 6.92 Å². The lowest BCUT2D eigenvalue weighted by Gasteiger charge is -2.14. The maximum Gasteiger partial charge on any atom is 0.260 e. The van der Waals surface area contributed by atoms with Gasteiger partial charge in [0.1, 0.15) is 11.6 Å². The van der Waals surface area contributed by atoms with Gasteiger partial charge in [-0.05, 0) is 47.5 Å². The van der Waals surface area contributed by atoms with Crippen molar-refractivity contribution in [2.24, 2.45) is 0 Å². The van der Waals surface area contributed by atoms with E-state index in [1.54, 1.807) is 6.92 Å². The molecule has 0 bridgehead atoms. The summed E-state index contributed by atoms with van der Waals surface area (Å²) in [5.74, 6) is -0.0786. The van der Waals surface area contributed by atoms with E-state index in [0.717, 1.165) is 6.42 Å². The molecule has 1 aromatic carbocycles. The third kappa shape index (κ3) is 4.34. The first kappa shape index (κ1) is 14.0. The predicted octanol–water partition coefficient (Wildman–Crippen LogP) is 2.88. The highest BCUT2D eigenvalue weighted by atomic mass is 79.9. The average Bonchev–Trinajstić information content (AvgIpc) is 2.30. The van der Waals surface area contributed by atoms with E-state index in [0.29, 0.717) is 16.8 Å². The molecule has 0 spiro atoms. The van der Waals surface area contributed by atoms with Gasteiger partial charge in [-0.15, -0.1) is 0 Å². The number of halogens is 2. The number of ether oxygens (including phenoxy) is 1. The monoisotopic (exact) mass is 303 g/mol. The normalized spacial score (nSPS) is 12.0. The van der Waals surface area contributed by atoms with Crippen molar-refractivity contribution < 1.29 is 13.9 Å². The molecule has 1 aromatic rings. The summed E-state index contributed by atoms with van der Waals surface area (Å²) in [5.41, 5.74) is 0.